The molecule has 0 saturated carbocycles. The maximum absolute atomic E-state index is 13.2. The number of nitrogens with one attached hydrogen (secondary N) is 2. The summed E-state index contributed by atoms with van der Waals surface area (Å²) in [6, 6.07) is 5.58. The van der Waals surface area contributed by atoms with Crippen molar-refractivity contribution >= 4 is 24.0 Å². The summed E-state index contributed by atoms with van der Waals surface area (Å²) in [5, 5.41) is 14.3. The van der Waals surface area contributed by atoms with Crippen molar-refractivity contribution in [1.82, 2.24) is 25.5 Å². The predicted octanol–water partition coefficient (Wildman–Crippen LogP) is 0.0126. The zero-order valence-electron chi connectivity index (χ0n) is 17.5. The van der Waals surface area contributed by atoms with Crippen LogP contribution in [0.5, 0.6) is 0 Å². The van der Waals surface area contributed by atoms with Crippen LogP contribution in [-0.2, 0) is 20.8 Å². The lowest BCUT2D eigenvalue weighted by molar-refractivity contribution is -0.133. The van der Waals surface area contributed by atoms with Gasteiger partial charge in [0.25, 0.3) is 5.91 Å². The van der Waals surface area contributed by atoms with E-state index >= 15 is 0 Å². The molecule has 1 saturated heterocycles. The van der Waals surface area contributed by atoms with Crippen molar-refractivity contribution < 1.29 is 23.6 Å². The highest BCUT2D eigenvalue weighted by Crippen LogP contribution is 2.21. The molecule has 11 heteroatoms. The Morgan fingerprint density at radius 2 is 2.03 bits per heavy atom. The van der Waals surface area contributed by atoms with Crippen LogP contribution in [0.15, 0.2) is 42.9 Å². The van der Waals surface area contributed by atoms with Crippen molar-refractivity contribution in [1.29, 1.82) is 5.26 Å². The Bertz CT molecular complexity index is 1060. The topological polar surface area (TPSA) is 145 Å². The molecule has 2 heterocycles. The van der Waals surface area contributed by atoms with Crippen LogP contribution in [0.4, 0.5) is 4.39 Å². The third kappa shape index (κ3) is 6.16. The second-order valence-corrected chi connectivity index (χ2v) is 7.49. The van der Waals surface area contributed by atoms with Crippen molar-refractivity contribution in [3.63, 3.8) is 0 Å². The first-order valence-electron chi connectivity index (χ1n) is 10.1. The number of amides is 3. The molecule has 3 rings (SSSR count). The van der Waals surface area contributed by atoms with Gasteiger partial charge in [-0.2, -0.15) is 5.26 Å². The van der Waals surface area contributed by atoms with Gasteiger partial charge in [0.2, 0.25) is 11.8 Å². The van der Waals surface area contributed by atoms with Gasteiger partial charge in [0.1, 0.15) is 29.9 Å². The zero-order chi connectivity index (χ0) is 23.8. The number of hydrogen-bond acceptors (Lipinski definition) is 7. The Kier molecular flexibility index (Phi) is 7.75. The van der Waals surface area contributed by atoms with Gasteiger partial charge in [-0.1, -0.05) is 12.1 Å². The molecule has 0 radical (unpaired) electrons. The first kappa shape index (κ1) is 23.5. The van der Waals surface area contributed by atoms with Gasteiger partial charge in [-0.25, -0.2) is 9.37 Å². The number of benzene rings is 1. The number of likely N-dealkylation sites (tertiary alicyclic amines) is 1. The second-order valence-electron chi connectivity index (χ2n) is 7.49. The molecule has 170 valence electrons. The maximum Gasteiger partial charge on any atom is 0.272 e. The molecule has 0 spiro atoms. The number of halogens is 1. The summed E-state index contributed by atoms with van der Waals surface area (Å²) in [5.74, 6) is -2.67. The minimum Gasteiger partial charge on any atom is -0.345 e. The zero-order valence-corrected chi connectivity index (χ0v) is 17.5. The fourth-order valence-corrected chi connectivity index (χ4v) is 3.47. The summed E-state index contributed by atoms with van der Waals surface area (Å²) in [4.78, 5) is 57.9. The predicted molar refractivity (Wildman–Crippen MR) is 112 cm³/mol. The average molecular weight is 452 g/mol. The Labute approximate surface area is 188 Å². The maximum atomic E-state index is 13.2. The highest BCUT2D eigenvalue weighted by atomic mass is 19.1. The Balaban J connectivity index is 1.68. The van der Waals surface area contributed by atoms with Crippen LogP contribution in [0.2, 0.25) is 0 Å². The summed E-state index contributed by atoms with van der Waals surface area (Å²) in [6.07, 6.45) is 4.95. The number of aromatic nitrogens is 2. The van der Waals surface area contributed by atoms with Gasteiger partial charge in [0.05, 0.1) is 18.8 Å². The normalized spacial score (nSPS) is 18.1. The lowest BCUT2D eigenvalue weighted by Crippen LogP contribution is -2.51. The number of carbonyl (C=O) groups excluding carboxylic acids is 4. The molecule has 3 amide bonds. The van der Waals surface area contributed by atoms with E-state index in [0.717, 1.165) is 0 Å². The van der Waals surface area contributed by atoms with Crippen LogP contribution in [0.3, 0.4) is 0 Å². The number of nitrogens with zero attached hydrogens (tertiary/aromatic N) is 4. The van der Waals surface area contributed by atoms with Crippen LogP contribution >= 0.6 is 0 Å². The molecule has 1 aromatic carbocycles. The van der Waals surface area contributed by atoms with Crippen molar-refractivity contribution in [2.75, 3.05) is 13.1 Å². The Morgan fingerprint density at radius 1 is 1.27 bits per heavy atom. The summed E-state index contributed by atoms with van der Waals surface area (Å²) >= 11 is 0. The molecule has 1 fully saturated rings. The van der Waals surface area contributed by atoms with E-state index in [4.69, 9.17) is 0 Å². The van der Waals surface area contributed by atoms with Gasteiger partial charge in [0.15, 0.2) is 0 Å². The van der Waals surface area contributed by atoms with E-state index < -0.39 is 48.1 Å². The largest absolute Gasteiger partial charge is 0.345 e. The van der Waals surface area contributed by atoms with Gasteiger partial charge in [-0.05, 0) is 24.1 Å². The highest BCUT2D eigenvalue weighted by Gasteiger charge is 2.35. The van der Waals surface area contributed by atoms with E-state index in [-0.39, 0.29) is 25.1 Å². The molecule has 33 heavy (non-hydrogen) atoms. The number of hydrogen-bond donors (Lipinski definition) is 2. The van der Waals surface area contributed by atoms with E-state index in [1.807, 2.05) is 6.07 Å². The van der Waals surface area contributed by atoms with Gasteiger partial charge >= 0.3 is 0 Å². The molecule has 1 aromatic heterocycles. The summed E-state index contributed by atoms with van der Waals surface area (Å²) < 4.78 is 13.2. The molecule has 0 aliphatic carbocycles. The highest BCUT2D eigenvalue weighted by molar-refractivity contribution is 5.96. The Hall–Kier alpha value is -4.20. The van der Waals surface area contributed by atoms with E-state index in [2.05, 4.69) is 20.6 Å². The van der Waals surface area contributed by atoms with E-state index in [1.54, 1.807) is 0 Å². The molecule has 3 unspecified atom stereocenters. The van der Waals surface area contributed by atoms with Crippen LogP contribution < -0.4 is 10.6 Å². The molecule has 2 N–H and O–H groups in total. The van der Waals surface area contributed by atoms with Gasteiger partial charge in [0, 0.05) is 31.3 Å². The first-order chi connectivity index (χ1) is 15.9. The SMILES string of the molecule is N#CC1CC(C=O)CN1C(=O)CNC(=O)C(Cc1ccc(F)cc1)NC(=O)c1cnccn1. The quantitative estimate of drug-likeness (QED) is 0.537. The number of nitriles is 1. The molecule has 1 aliphatic rings. The second kappa shape index (κ2) is 10.9. The molecular formula is C22H21FN6O4. The third-order valence-corrected chi connectivity index (χ3v) is 5.18. The number of aldehydes is 1. The third-order valence-electron chi connectivity index (χ3n) is 5.18. The van der Waals surface area contributed by atoms with E-state index in [9.17, 15) is 28.8 Å². The van der Waals surface area contributed by atoms with Gasteiger partial charge < -0.3 is 20.3 Å². The molecule has 3 atom stereocenters. The van der Waals surface area contributed by atoms with Crippen molar-refractivity contribution in [2.24, 2.45) is 5.92 Å². The monoisotopic (exact) mass is 452 g/mol. The summed E-state index contributed by atoms with van der Waals surface area (Å²) in [6.45, 7) is -0.303. The van der Waals surface area contributed by atoms with Crippen molar-refractivity contribution in [3.8, 4) is 6.07 Å². The van der Waals surface area contributed by atoms with Crippen molar-refractivity contribution in [2.45, 2.75) is 24.9 Å². The van der Waals surface area contributed by atoms with Crippen molar-refractivity contribution in [3.05, 3.63) is 59.9 Å². The van der Waals surface area contributed by atoms with Crippen LogP contribution in [0.1, 0.15) is 22.5 Å². The summed E-state index contributed by atoms with van der Waals surface area (Å²) in [5.41, 5.74) is 0.583. The number of rotatable bonds is 8. The van der Waals surface area contributed by atoms with Gasteiger partial charge in [-0.15, -0.1) is 0 Å². The molecule has 10 nitrogen and oxygen atoms in total. The van der Waals surface area contributed by atoms with Crippen LogP contribution in [-0.4, -0.2) is 64.0 Å². The molecule has 2 aromatic rings. The fourth-order valence-electron chi connectivity index (χ4n) is 3.47. The fraction of sp³-hybridized carbons (Fsp3) is 0.318. The van der Waals surface area contributed by atoms with Gasteiger partial charge in [-0.3, -0.25) is 19.4 Å². The molecule has 0 bridgehead atoms. The van der Waals surface area contributed by atoms with Crippen LogP contribution in [0.25, 0.3) is 0 Å². The Morgan fingerprint density at radius 3 is 2.67 bits per heavy atom. The minimum atomic E-state index is -1.09. The first-order valence-corrected chi connectivity index (χ1v) is 10.1. The summed E-state index contributed by atoms with van der Waals surface area (Å²) in [7, 11) is 0. The average Bonchev–Trinajstić information content (AvgIpc) is 3.27. The smallest absolute Gasteiger partial charge is 0.272 e. The minimum absolute atomic E-state index is 0.000633. The lowest BCUT2D eigenvalue weighted by Gasteiger charge is -2.22. The van der Waals surface area contributed by atoms with Crippen LogP contribution in [0, 0.1) is 23.1 Å². The molecule has 1 aliphatic heterocycles. The lowest BCUT2D eigenvalue weighted by atomic mass is 10.0. The van der Waals surface area contributed by atoms with E-state index in [0.29, 0.717) is 11.8 Å². The molecular weight excluding hydrogens is 431 g/mol. The number of carbonyl (C=O) groups is 4. The van der Waals surface area contributed by atoms with E-state index in [1.165, 1.54) is 47.8 Å². The standard InChI is InChI=1S/C22H21FN6O4/c23-16-3-1-14(2-4-16)8-18(28-22(33)19-10-25-5-6-26-19)21(32)27-11-20(31)29-12-15(13-30)7-17(29)9-24/h1-6,10,13,15,17-18H,7-8,11-12H2,(H,27,32)(H,28,33).